The Morgan fingerprint density at radius 2 is 2.12 bits per heavy atom. The van der Waals surface area contributed by atoms with Crippen molar-refractivity contribution in [2.75, 3.05) is 19.9 Å². The lowest BCUT2D eigenvalue weighted by molar-refractivity contribution is -0.124. The number of ether oxygens (including phenoxy) is 3. The molecule has 1 N–H and O–H groups in total. The van der Waals surface area contributed by atoms with E-state index in [1.165, 1.54) is 5.56 Å². The zero-order chi connectivity index (χ0) is 17.4. The van der Waals surface area contributed by atoms with E-state index in [1.54, 1.807) is 0 Å². The number of fused-ring (bicyclic) bond motifs is 2. The van der Waals surface area contributed by atoms with Crippen molar-refractivity contribution in [3.8, 4) is 11.5 Å². The molecule has 3 atom stereocenters. The van der Waals surface area contributed by atoms with E-state index in [2.05, 4.69) is 22.3 Å². The summed E-state index contributed by atoms with van der Waals surface area (Å²) in [6.07, 6.45) is 1.79. The number of carbonyl (C=O) groups excluding carboxylic acids is 1. The van der Waals surface area contributed by atoms with Crippen LogP contribution in [0.3, 0.4) is 0 Å². The van der Waals surface area contributed by atoms with Crippen LogP contribution in [0.4, 0.5) is 0 Å². The van der Waals surface area contributed by atoms with Gasteiger partial charge in [0, 0.05) is 31.6 Å². The predicted molar refractivity (Wildman–Crippen MR) is 92.5 cm³/mol. The number of rotatable bonds is 5. The van der Waals surface area contributed by atoms with E-state index in [9.17, 15) is 4.79 Å². The van der Waals surface area contributed by atoms with Gasteiger partial charge in [0.2, 0.25) is 12.7 Å². The molecular formula is C19H26N2O4. The van der Waals surface area contributed by atoms with Gasteiger partial charge in [-0.05, 0) is 38.0 Å². The predicted octanol–water partition coefficient (Wildman–Crippen LogP) is 1.92. The van der Waals surface area contributed by atoms with Crippen LogP contribution in [0.15, 0.2) is 18.2 Å². The molecule has 0 spiro atoms. The molecule has 3 heterocycles. The Morgan fingerprint density at radius 3 is 2.92 bits per heavy atom. The number of amides is 1. The number of hydrogen-bond acceptors (Lipinski definition) is 5. The van der Waals surface area contributed by atoms with Crippen molar-refractivity contribution in [2.45, 2.75) is 51.5 Å². The van der Waals surface area contributed by atoms with Gasteiger partial charge in [-0.15, -0.1) is 0 Å². The lowest BCUT2D eigenvalue weighted by Crippen LogP contribution is -2.33. The average Bonchev–Trinajstić information content (AvgIpc) is 3.20. The van der Waals surface area contributed by atoms with Crippen LogP contribution < -0.4 is 14.8 Å². The van der Waals surface area contributed by atoms with Crippen LogP contribution in [-0.2, 0) is 16.1 Å². The van der Waals surface area contributed by atoms with Crippen molar-refractivity contribution in [2.24, 2.45) is 5.92 Å². The van der Waals surface area contributed by atoms with Gasteiger partial charge in [0.05, 0.1) is 18.6 Å². The lowest BCUT2D eigenvalue weighted by atomic mass is 10.0. The summed E-state index contributed by atoms with van der Waals surface area (Å²) in [5.41, 5.74) is 1.23. The van der Waals surface area contributed by atoms with Crippen molar-refractivity contribution in [1.29, 1.82) is 0 Å². The van der Waals surface area contributed by atoms with Gasteiger partial charge in [-0.3, -0.25) is 9.69 Å². The maximum Gasteiger partial charge on any atom is 0.231 e. The molecule has 0 aromatic heterocycles. The number of nitrogens with zero attached hydrogens (tertiary/aromatic N) is 1. The first kappa shape index (κ1) is 16.7. The highest BCUT2D eigenvalue weighted by Gasteiger charge is 2.42. The van der Waals surface area contributed by atoms with E-state index >= 15 is 0 Å². The van der Waals surface area contributed by atoms with Crippen molar-refractivity contribution < 1.29 is 19.0 Å². The summed E-state index contributed by atoms with van der Waals surface area (Å²) in [6.45, 7) is 7.13. The Morgan fingerprint density at radius 1 is 1.28 bits per heavy atom. The molecule has 2 saturated heterocycles. The van der Waals surface area contributed by atoms with Crippen LogP contribution in [0.25, 0.3) is 0 Å². The molecule has 1 aromatic carbocycles. The molecule has 0 saturated carbocycles. The summed E-state index contributed by atoms with van der Waals surface area (Å²) in [4.78, 5) is 14.3. The highest BCUT2D eigenvalue weighted by molar-refractivity contribution is 5.76. The third kappa shape index (κ3) is 3.75. The summed E-state index contributed by atoms with van der Waals surface area (Å²) >= 11 is 0. The van der Waals surface area contributed by atoms with E-state index in [-0.39, 0.29) is 24.2 Å². The Kier molecular flexibility index (Phi) is 4.56. The largest absolute Gasteiger partial charge is 0.454 e. The number of nitrogens with one attached hydrogen (secondary N) is 1. The van der Waals surface area contributed by atoms with Crippen LogP contribution in [0.1, 0.15) is 32.3 Å². The van der Waals surface area contributed by atoms with Crippen LogP contribution in [0.2, 0.25) is 0 Å². The molecule has 3 aliphatic heterocycles. The maximum atomic E-state index is 11.9. The fraction of sp³-hybridized carbons (Fsp3) is 0.632. The van der Waals surface area contributed by atoms with Crippen LogP contribution in [0.5, 0.6) is 11.5 Å². The minimum absolute atomic E-state index is 0.0708. The molecule has 6 heteroatoms. The smallest absolute Gasteiger partial charge is 0.231 e. The number of carbonyl (C=O) groups is 1. The monoisotopic (exact) mass is 346 g/mol. The number of likely N-dealkylation sites (tertiary alicyclic amines) is 1. The molecule has 3 aliphatic rings. The fourth-order valence-electron chi connectivity index (χ4n) is 4.09. The number of hydrogen-bond donors (Lipinski definition) is 1. The lowest BCUT2D eigenvalue weighted by Gasteiger charge is -2.19. The molecule has 1 amide bonds. The summed E-state index contributed by atoms with van der Waals surface area (Å²) < 4.78 is 16.9. The van der Waals surface area contributed by atoms with Gasteiger partial charge in [0.25, 0.3) is 0 Å². The maximum absolute atomic E-state index is 11.9. The van der Waals surface area contributed by atoms with Gasteiger partial charge in [0.15, 0.2) is 11.5 Å². The van der Waals surface area contributed by atoms with Crippen LogP contribution in [-0.4, -0.2) is 48.9 Å². The Bertz CT molecular complexity index is 634. The van der Waals surface area contributed by atoms with E-state index in [0.717, 1.165) is 37.6 Å². The third-order valence-electron chi connectivity index (χ3n) is 5.10. The van der Waals surface area contributed by atoms with Crippen LogP contribution >= 0.6 is 0 Å². The Labute approximate surface area is 148 Å². The highest BCUT2D eigenvalue weighted by Crippen LogP contribution is 2.36. The van der Waals surface area contributed by atoms with E-state index in [0.29, 0.717) is 19.1 Å². The topological polar surface area (TPSA) is 60.0 Å². The summed E-state index contributed by atoms with van der Waals surface area (Å²) in [5.74, 6) is 2.29. The molecule has 1 aromatic rings. The van der Waals surface area contributed by atoms with E-state index < -0.39 is 0 Å². The minimum Gasteiger partial charge on any atom is -0.454 e. The molecule has 0 radical (unpaired) electrons. The first-order chi connectivity index (χ1) is 12.1. The van der Waals surface area contributed by atoms with Crippen molar-refractivity contribution >= 4 is 5.91 Å². The van der Waals surface area contributed by atoms with E-state index in [1.807, 2.05) is 19.9 Å². The second kappa shape index (κ2) is 6.84. The van der Waals surface area contributed by atoms with Crippen molar-refractivity contribution in [1.82, 2.24) is 10.2 Å². The van der Waals surface area contributed by atoms with Crippen LogP contribution in [0, 0.1) is 5.92 Å². The normalized spacial score (nSPS) is 27.7. The number of benzene rings is 1. The van der Waals surface area contributed by atoms with Gasteiger partial charge < -0.3 is 19.5 Å². The van der Waals surface area contributed by atoms with Gasteiger partial charge in [-0.1, -0.05) is 6.07 Å². The van der Waals surface area contributed by atoms with Gasteiger partial charge in [0.1, 0.15) is 0 Å². The first-order valence-electron chi connectivity index (χ1n) is 9.12. The Balaban J connectivity index is 1.27. The van der Waals surface area contributed by atoms with Gasteiger partial charge in [-0.25, -0.2) is 0 Å². The highest BCUT2D eigenvalue weighted by atomic mass is 16.7. The zero-order valence-corrected chi connectivity index (χ0v) is 14.9. The fourth-order valence-corrected chi connectivity index (χ4v) is 4.09. The van der Waals surface area contributed by atoms with E-state index in [4.69, 9.17) is 14.2 Å². The van der Waals surface area contributed by atoms with Crippen molar-refractivity contribution in [3.63, 3.8) is 0 Å². The summed E-state index contributed by atoms with van der Waals surface area (Å²) in [6, 6.07) is 6.33. The Hall–Kier alpha value is -1.79. The first-order valence-corrected chi connectivity index (χ1v) is 9.12. The molecule has 136 valence electrons. The quantitative estimate of drug-likeness (QED) is 0.883. The second-order valence-electron chi connectivity index (χ2n) is 7.60. The summed E-state index contributed by atoms with van der Waals surface area (Å²) in [5, 5.41) is 2.95. The SMILES string of the molecule is CC(C)NC(=O)C[C@@H]1C[C@H]2CN(Cc3ccc4c(c3)OCO4)C[C@H]2O1. The molecule has 0 bridgehead atoms. The average molecular weight is 346 g/mol. The minimum atomic E-state index is 0.0708. The molecular weight excluding hydrogens is 320 g/mol. The molecule has 2 fully saturated rings. The molecule has 0 unspecified atom stereocenters. The van der Waals surface area contributed by atoms with Crippen molar-refractivity contribution in [3.05, 3.63) is 23.8 Å². The third-order valence-corrected chi connectivity index (χ3v) is 5.10. The second-order valence-corrected chi connectivity index (χ2v) is 7.60. The van der Waals surface area contributed by atoms with Gasteiger partial charge >= 0.3 is 0 Å². The molecule has 4 rings (SSSR count). The standard InChI is InChI=1S/C19H26N2O4/c1-12(2)20-19(22)7-15-6-14-9-21(10-18(14)25-15)8-13-3-4-16-17(5-13)24-11-23-16/h3-5,12,14-15,18H,6-11H2,1-2H3,(H,20,22)/t14-,15-,18+/m0/s1. The van der Waals surface area contributed by atoms with Gasteiger partial charge in [-0.2, -0.15) is 0 Å². The molecule has 25 heavy (non-hydrogen) atoms. The summed E-state index contributed by atoms with van der Waals surface area (Å²) in [7, 11) is 0. The molecule has 0 aliphatic carbocycles. The molecule has 6 nitrogen and oxygen atoms in total. The zero-order valence-electron chi connectivity index (χ0n) is 14.9.